The molecule has 9 heteroatoms. The minimum absolute atomic E-state index is 0.0165. The number of non-ortho nitro benzene ring substituents is 1. The van der Waals surface area contributed by atoms with Crippen molar-refractivity contribution >= 4 is 11.4 Å². The second-order valence-electron chi connectivity index (χ2n) is 4.39. The fourth-order valence-corrected chi connectivity index (χ4v) is 2.09. The van der Waals surface area contributed by atoms with E-state index in [-0.39, 0.29) is 25.4 Å². The van der Waals surface area contributed by atoms with E-state index in [1.165, 1.54) is 4.90 Å². The van der Waals surface area contributed by atoms with E-state index >= 15 is 0 Å². The molecule has 0 saturated carbocycles. The maximum Gasteiger partial charge on any atom is 0.418 e. The van der Waals surface area contributed by atoms with Gasteiger partial charge in [-0.2, -0.15) is 18.4 Å². The third kappa shape index (κ3) is 3.22. The molecule has 1 saturated heterocycles. The molecule has 0 aromatic heterocycles. The Morgan fingerprint density at radius 1 is 1.48 bits per heavy atom. The molecular weight excluding hydrogens is 291 g/mol. The number of benzene rings is 1. The number of nitrogens with zero attached hydrogens (tertiary/aromatic N) is 3. The molecule has 1 unspecified atom stereocenters. The van der Waals surface area contributed by atoms with Crippen molar-refractivity contribution < 1.29 is 22.8 Å². The number of alkyl halides is 3. The molecule has 0 bridgehead atoms. The number of rotatable bonds is 2. The lowest BCUT2D eigenvalue weighted by atomic mass is 10.1. The van der Waals surface area contributed by atoms with Gasteiger partial charge >= 0.3 is 6.18 Å². The molecule has 112 valence electrons. The minimum Gasteiger partial charge on any atom is -0.365 e. The maximum atomic E-state index is 13.1. The number of hydrogen-bond acceptors (Lipinski definition) is 5. The molecule has 21 heavy (non-hydrogen) atoms. The summed E-state index contributed by atoms with van der Waals surface area (Å²) in [5, 5.41) is 19.4. The van der Waals surface area contributed by atoms with Crippen LogP contribution in [0.3, 0.4) is 0 Å². The lowest BCUT2D eigenvalue weighted by Crippen LogP contribution is -2.42. The quantitative estimate of drug-likeness (QED) is 0.619. The molecule has 1 aromatic rings. The van der Waals surface area contributed by atoms with E-state index in [0.717, 1.165) is 12.1 Å². The molecule has 0 N–H and O–H groups in total. The number of hydrogen-bond donors (Lipinski definition) is 0. The first kappa shape index (κ1) is 15.1. The summed E-state index contributed by atoms with van der Waals surface area (Å²) in [6, 6.07) is 4.42. The monoisotopic (exact) mass is 301 g/mol. The maximum absolute atomic E-state index is 13.1. The summed E-state index contributed by atoms with van der Waals surface area (Å²) in [6.45, 7) is 0.281. The average molecular weight is 301 g/mol. The minimum atomic E-state index is -4.72. The third-order valence-corrected chi connectivity index (χ3v) is 3.05. The Balaban J connectivity index is 2.43. The summed E-state index contributed by atoms with van der Waals surface area (Å²) < 4.78 is 44.3. The van der Waals surface area contributed by atoms with Crippen LogP contribution in [0.5, 0.6) is 0 Å². The first-order valence-electron chi connectivity index (χ1n) is 5.94. The van der Waals surface area contributed by atoms with E-state index in [1.54, 1.807) is 0 Å². The smallest absolute Gasteiger partial charge is 0.365 e. The fourth-order valence-electron chi connectivity index (χ4n) is 2.09. The topological polar surface area (TPSA) is 79.4 Å². The van der Waals surface area contributed by atoms with Gasteiger partial charge in [0.05, 0.1) is 29.7 Å². The van der Waals surface area contributed by atoms with Crippen molar-refractivity contribution in [3.63, 3.8) is 0 Å². The average Bonchev–Trinajstić information content (AvgIpc) is 2.45. The molecule has 2 rings (SSSR count). The van der Waals surface area contributed by atoms with E-state index in [9.17, 15) is 23.3 Å². The Labute approximate surface area is 117 Å². The first-order chi connectivity index (χ1) is 9.82. The van der Waals surface area contributed by atoms with E-state index < -0.39 is 28.5 Å². The number of ether oxygens (including phenoxy) is 1. The molecule has 1 aliphatic heterocycles. The number of nitro groups is 1. The van der Waals surface area contributed by atoms with Crippen molar-refractivity contribution in [2.24, 2.45) is 0 Å². The zero-order valence-electron chi connectivity index (χ0n) is 10.6. The molecule has 1 aromatic carbocycles. The van der Waals surface area contributed by atoms with Crippen LogP contribution in [0.2, 0.25) is 0 Å². The van der Waals surface area contributed by atoms with Gasteiger partial charge in [0, 0.05) is 24.4 Å². The number of nitriles is 1. The van der Waals surface area contributed by atoms with Gasteiger partial charge in [-0.15, -0.1) is 0 Å². The molecule has 0 amide bonds. The van der Waals surface area contributed by atoms with Crippen LogP contribution in [-0.4, -0.2) is 30.7 Å². The second kappa shape index (κ2) is 5.57. The van der Waals surface area contributed by atoms with Gasteiger partial charge in [0.1, 0.15) is 0 Å². The van der Waals surface area contributed by atoms with Gasteiger partial charge in [0.25, 0.3) is 5.69 Å². The third-order valence-electron chi connectivity index (χ3n) is 3.05. The Hall–Kier alpha value is -2.34. The summed E-state index contributed by atoms with van der Waals surface area (Å²) in [4.78, 5) is 11.1. The van der Waals surface area contributed by atoms with Crippen molar-refractivity contribution in [1.82, 2.24) is 0 Å². The Morgan fingerprint density at radius 2 is 2.19 bits per heavy atom. The predicted octanol–water partition coefficient (Wildman–Crippen LogP) is 2.34. The fraction of sp³-hybridized carbons (Fsp3) is 0.417. The zero-order valence-corrected chi connectivity index (χ0v) is 10.6. The van der Waals surface area contributed by atoms with Gasteiger partial charge in [0.15, 0.2) is 6.10 Å². The van der Waals surface area contributed by atoms with Crippen LogP contribution in [0.1, 0.15) is 5.56 Å². The van der Waals surface area contributed by atoms with Crippen molar-refractivity contribution in [2.45, 2.75) is 12.3 Å². The molecular formula is C12H10F3N3O3. The zero-order chi connectivity index (χ0) is 15.6. The molecule has 1 heterocycles. The van der Waals surface area contributed by atoms with E-state index in [2.05, 4.69) is 0 Å². The van der Waals surface area contributed by atoms with E-state index in [1.807, 2.05) is 6.07 Å². The lowest BCUT2D eigenvalue weighted by Gasteiger charge is -2.33. The van der Waals surface area contributed by atoms with Gasteiger partial charge in [-0.3, -0.25) is 10.1 Å². The van der Waals surface area contributed by atoms with Gasteiger partial charge < -0.3 is 9.64 Å². The van der Waals surface area contributed by atoms with Crippen molar-refractivity contribution in [2.75, 3.05) is 24.6 Å². The van der Waals surface area contributed by atoms with Crippen LogP contribution in [0.25, 0.3) is 0 Å². The molecule has 0 spiro atoms. The normalized spacial score (nSPS) is 19.1. The van der Waals surface area contributed by atoms with Crippen LogP contribution in [0, 0.1) is 21.4 Å². The van der Waals surface area contributed by atoms with E-state index in [4.69, 9.17) is 10.00 Å². The SMILES string of the molecule is N#CC1CN(c2ccc([N+](=O)[O-])cc2C(F)(F)F)CCO1. The largest absolute Gasteiger partial charge is 0.418 e. The summed E-state index contributed by atoms with van der Waals surface area (Å²) in [5.41, 5.74) is -1.90. The van der Waals surface area contributed by atoms with Crippen molar-refractivity contribution in [3.8, 4) is 6.07 Å². The van der Waals surface area contributed by atoms with Crippen LogP contribution in [0.15, 0.2) is 18.2 Å². The molecule has 1 fully saturated rings. The Bertz CT molecular complexity index is 598. The molecule has 6 nitrogen and oxygen atoms in total. The highest BCUT2D eigenvalue weighted by atomic mass is 19.4. The number of nitro benzene ring substituents is 1. The van der Waals surface area contributed by atoms with Crippen LogP contribution in [0.4, 0.5) is 24.5 Å². The number of morpholine rings is 1. The standard InChI is InChI=1S/C12H10F3N3O3/c13-12(14,15)10-5-8(18(19)20)1-2-11(10)17-3-4-21-9(6-16)7-17/h1-2,5,9H,3-4,7H2. The lowest BCUT2D eigenvalue weighted by molar-refractivity contribution is -0.385. The number of anilines is 1. The summed E-state index contributed by atoms with van der Waals surface area (Å²) in [7, 11) is 0. The van der Waals surface area contributed by atoms with Crippen LogP contribution in [-0.2, 0) is 10.9 Å². The summed E-state index contributed by atoms with van der Waals surface area (Å²) >= 11 is 0. The first-order valence-corrected chi connectivity index (χ1v) is 5.94. The second-order valence-corrected chi connectivity index (χ2v) is 4.39. The van der Waals surface area contributed by atoms with Crippen LogP contribution < -0.4 is 4.90 Å². The van der Waals surface area contributed by atoms with E-state index in [0.29, 0.717) is 6.07 Å². The van der Waals surface area contributed by atoms with Gasteiger partial charge in [-0.05, 0) is 6.07 Å². The number of halogens is 3. The van der Waals surface area contributed by atoms with Gasteiger partial charge in [0.2, 0.25) is 0 Å². The summed E-state index contributed by atoms with van der Waals surface area (Å²) in [5.74, 6) is 0. The van der Waals surface area contributed by atoms with Crippen molar-refractivity contribution in [3.05, 3.63) is 33.9 Å². The Morgan fingerprint density at radius 3 is 2.76 bits per heavy atom. The molecule has 1 aliphatic rings. The highest BCUT2D eigenvalue weighted by molar-refractivity contribution is 5.59. The van der Waals surface area contributed by atoms with Crippen LogP contribution >= 0.6 is 0 Å². The predicted molar refractivity (Wildman–Crippen MR) is 65.7 cm³/mol. The molecule has 0 radical (unpaired) electrons. The van der Waals surface area contributed by atoms with Crippen molar-refractivity contribution in [1.29, 1.82) is 5.26 Å². The highest BCUT2D eigenvalue weighted by Gasteiger charge is 2.37. The summed E-state index contributed by atoms with van der Waals surface area (Å²) in [6.07, 6.45) is -5.54. The van der Waals surface area contributed by atoms with Gasteiger partial charge in [-0.25, -0.2) is 0 Å². The Kier molecular flexibility index (Phi) is 3.99. The molecule has 1 atom stereocenters. The molecule has 0 aliphatic carbocycles. The van der Waals surface area contributed by atoms with Gasteiger partial charge in [-0.1, -0.05) is 0 Å². The highest BCUT2D eigenvalue weighted by Crippen LogP contribution is 2.39.